The molecule has 2 rings (SSSR count). The number of aromatic nitrogens is 2. The first kappa shape index (κ1) is 13.5. The fraction of sp³-hybridized carbons (Fsp3) is 0.250. The van der Waals surface area contributed by atoms with Gasteiger partial charge in [0.25, 0.3) is 5.91 Å². The molecule has 0 spiro atoms. The molecule has 0 unspecified atom stereocenters. The van der Waals surface area contributed by atoms with E-state index in [0.717, 1.165) is 0 Å². The van der Waals surface area contributed by atoms with Crippen LogP contribution in [0.25, 0.3) is 0 Å². The average Bonchev–Trinajstić information content (AvgIpc) is 2.80. The maximum absolute atomic E-state index is 12.0. The minimum Gasteiger partial charge on any atom is -0.467 e. The summed E-state index contributed by atoms with van der Waals surface area (Å²) in [5.74, 6) is -0.146. The zero-order valence-corrected chi connectivity index (χ0v) is 12.2. The summed E-state index contributed by atoms with van der Waals surface area (Å²) in [6, 6.07) is 3.50. The number of carbonyl (C=O) groups excluding carboxylic acids is 1. The van der Waals surface area contributed by atoms with Crippen molar-refractivity contribution < 1.29 is 13.9 Å². The molecule has 0 radical (unpaired) electrons. The second kappa shape index (κ2) is 5.40. The van der Waals surface area contributed by atoms with Gasteiger partial charge in [0.05, 0.1) is 24.2 Å². The maximum Gasteiger partial charge on any atom is 0.316 e. The molecule has 2 aromatic heterocycles. The zero-order chi connectivity index (χ0) is 14.0. The Kier molecular flexibility index (Phi) is 3.84. The van der Waals surface area contributed by atoms with Crippen LogP contribution in [0, 0.1) is 13.8 Å². The number of amides is 1. The average molecular weight is 326 g/mol. The Balaban J connectivity index is 2.26. The summed E-state index contributed by atoms with van der Waals surface area (Å²) >= 11 is 3.15. The van der Waals surface area contributed by atoms with E-state index < -0.39 is 0 Å². The fourth-order valence-electron chi connectivity index (χ4n) is 1.57. The molecule has 0 aliphatic carbocycles. The number of furan rings is 1. The molecule has 0 aromatic carbocycles. The summed E-state index contributed by atoms with van der Waals surface area (Å²) in [6.07, 6.45) is 0. The summed E-state index contributed by atoms with van der Waals surface area (Å²) in [5, 5.41) is 2.73. The standard InChI is InChI=1S/C12H12BrN3O3/c1-6-10(7(2)15-12(14-6)18-3)16-11(17)8-4-5-9(13)19-8/h4-5H,1-3H3,(H,16,17). The van der Waals surface area contributed by atoms with E-state index in [1.165, 1.54) is 7.11 Å². The molecule has 7 heteroatoms. The van der Waals surface area contributed by atoms with E-state index in [1.807, 2.05) is 0 Å². The van der Waals surface area contributed by atoms with Gasteiger partial charge in [-0.2, -0.15) is 9.97 Å². The van der Waals surface area contributed by atoms with Crippen LogP contribution < -0.4 is 10.1 Å². The van der Waals surface area contributed by atoms with Gasteiger partial charge in [-0.15, -0.1) is 0 Å². The lowest BCUT2D eigenvalue weighted by Gasteiger charge is -2.10. The smallest absolute Gasteiger partial charge is 0.316 e. The second-order valence-electron chi connectivity index (χ2n) is 3.81. The number of hydrogen-bond acceptors (Lipinski definition) is 5. The topological polar surface area (TPSA) is 77.2 Å². The third-order valence-corrected chi connectivity index (χ3v) is 2.89. The summed E-state index contributed by atoms with van der Waals surface area (Å²) in [7, 11) is 1.49. The number of halogens is 1. The Hall–Kier alpha value is -1.89. The summed E-state index contributed by atoms with van der Waals surface area (Å²) in [6.45, 7) is 3.54. The Morgan fingerprint density at radius 2 is 1.95 bits per heavy atom. The number of nitrogens with one attached hydrogen (secondary N) is 1. The zero-order valence-electron chi connectivity index (χ0n) is 10.7. The number of rotatable bonds is 3. The first-order chi connectivity index (χ1) is 9.01. The van der Waals surface area contributed by atoms with E-state index in [2.05, 4.69) is 31.2 Å². The molecule has 1 N–H and O–H groups in total. The van der Waals surface area contributed by atoms with Crippen LogP contribution in [0.4, 0.5) is 5.69 Å². The minimum atomic E-state index is -0.356. The molecule has 1 amide bonds. The van der Waals surface area contributed by atoms with Gasteiger partial charge in [0.1, 0.15) is 0 Å². The Morgan fingerprint density at radius 1 is 1.32 bits per heavy atom. The second-order valence-corrected chi connectivity index (χ2v) is 4.60. The number of ether oxygens (including phenoxy) is 1. The van der Waals surface area contributed by atoms with Crippen LogP contribution >= 0.6 is 15.9 Å². The van der Waals surface area contributed by atoms with Crippen molar-refractivity contribution in [2.45, 2.75) is 13.8 Å². The highest BCUT2D eigenvalue weighted by atomic mass is 79.9. The van der Waals surface area contributed by atoms with Crippen LogP contribution in [-0.2, 0) is 0 Å². The monoisotopic (exact) mass is 325 g/mol. The number of hydrogen-bond donors (Lipinski definition) is 1. The highest BCUT2D eigenvalue weighted by molar-refractivity contribution is 9.10. The first-order valence-corrected chi connectivity index (χ1v) is 6.26. The van der Waals surface area contributed by atoms with Gasteiger partial charge in [-0.3, -0.25) is 4.79 Å². The summed E-state index contributed by atoms with van der Waals surface area (Å²) in [4.78, 5) is 20.2. The Bertz CT molecular complexity index is 601. The van der Waals surface area contributed by atoms with Crippen LogP contribution in [0.3, 0.4) is 0 Å². The van der Waals surface area contributed by atoms with Gasteiger partial charge < -0.3 is 14.5 Å². The molecule has 0 saturated heterocycles. The normalized spacial score (nSPS) is 10.3. The van der Waals surface area contributed by atoms with E-state index in [0.29, 0.717) is 21.7 Å². The molecule has 0 aliphatic heterocycles. The number of aryl methyl sites for hydroxylation is 2. The van der Waals surface area contributed by atoms with Gasteiger partial charge in [0.2, 0.25) is 0 Å². The molecule has 0 bridgehead atoms. The SMILES string of the molecule is COc1nc(C)c(NC(=O)c2ccc(Br)o2)c(C)n1. The van der Waals surface area contributed by atoms with E-state index in [-0.39, 0.29) is 17.7 Å². The Morgan fingerprint density at radius 3 is 2.42 bits per heavy atom. The molecular formula is C12H12BrN3O3. The molecule has 2 heterocycles. The number of methoxy groups -OCH3 is 1. The van der Waals surface area contributed by atoms with Gasteiger partial charge >= 0.3 is 6.01 Å². The number of anilines is 1. The number of carbonyl (C=O) groups is 1. The van der Waals surface area contributed by atoms with Crippen LogP contribution in [0.2, 0.25) is 0 Å². The van der Waals surface area contributed by atoms with Crippen LogP contribution in [0.15, 0.2) is 21.2 Å². The molecular weight excluding hydrogens is 314 g/mol. The van der Waals surface area contributed by atoms with Crippen molar-refractivity contribution in [3.05, 3.63) is 34.0 Å². The molecule has 0 atom stereocenters. The Labute approximate surface area is 118 Å². The highest BCUT2D eigenvalue weighted by Gasteiger charge is 2.15. The summed E-state index contributed by atoms with van der Waals surface area (Å²) < 4.78 is 10.6. The van der Waals surface area contributed by atoms with Crippen molar-refractivity contribution in [2.24, 2.45) is 0 Å². The van der Waals surface area contributed by atoms with Crippen molar-refractivity contribution >= 4 is 27.5 Å². The van der Waals surface area contributed by atoms with Gasteiger partial charge in [0.15, 0.2) is 10.4 Å². The summed E-state index contributed by atoms with van der Waals surface area (Å²) in [5.41, 5.74) is 1.81. The van der Waals surface area contributed by atoms with Crippen molar-refractivity contribution in [1.29, 1.82) is 0 Å². The molecule has 0 fully saturated rings. The van der Waals surface area contributed by atoms with Gasteiger partial charge in [-0.25, -0.2) is 0 Å². The third-order valence-electron chi connectivity index (χ3n) is 2.47. The van der Waals surface area contributed by atoms with Crippen molar-refractivity contribution in [1.82, 2.24) is 9.97 Å². The van der Waals surface area contributed by atoms with E-state index >= 15 is 0 Å². The maximum atomic E-state index is 12.0. The molecule has 6 nitrogen and oxygen atoms in total. The first-order valence-electron chi connectivity index (χ1n) is 5.47. The van der Waals surface area contributed by atoms with Crippen LogP contribution in [-0.4, -0.2) is 23.0 Å². The fourth-order valence-corrected chi connectivity index (χ4v) is 1.88. The molecule has 0 saturated carbocycles. The molecule has 19 heavy (non-hydrogen) atoms. The van der Waals surface area contributed by atoms with E-state index in [1.54, 1.807) is 26.0 Å². The van der Waals surface area contributed by atoms with Crippen molar-refractivity contribution in [3.63, 3.8) is 0 Å². The van der Waals surface area contributed by atoms with Crippen LogP contribution in [0.1, 0.15) is 21.9 Å². The molecule has 0 aliphatic rings. The quantitative estimate of drug-likeness (QED) is 0.938. The lowest BCUT2D eigenvalue weighted by molar-refractivity contribution is 0.0995. The minimum absolute atomic E-state index is 0.210. The van der Waals surface area contributed by atoms with E-state index in [9.17, 15) is 4.79 Å². The lowest BCUT2D eigenvalue weighted by Crippen LogP contribution is -2.14. The van der Waals surface area contributed by atoms with Gasteiger partial charge in [0, 0.05) is 0 Å². The number of nitrogens with zero attached hydrogens (tertiary/aromatic N) is 2. The molecule has 100 valence electrons. The predicted molar refractivity (Wildman–Crippen MR) is 72.4 cm³/mol. The lowest BCUT2D eigenvalue weighted by atomic mass is 10.2. The largest absolute Gasteiger partial charge is 0.467 e. The molecule has 2 aromatic rings. The highest BCUT2D eigenvalue weighted by Crippen LogP contribution is 2.21. The van der Waals surface area contributed by atoms with E-state index in [4.69, 9.17) is 9.15 Å². The third kappa shape index (κ3) is 2.93. The van der Waals surface area contributed by atoms with Crippen LogP contribution in [0.5, 0.6) is 6.01 Å². The predicted octanol–water partition coefficient (Wildman–Crippen LogP) is 2.71. The van der Waals surface area contributed by atoms with Crippen molar-refractivity contribution in [3.8, 4) is 6.01 Å². The van der Waals surface area contributed by atoms with Crippen molar-refractivity contribution in [2.75, 3.05) is 12.4 Å². The van der Waals surface area contributed by atoms with Gasteiger partial charge in [-0.1, -0.05) is 0 Å². The van der Waals surface area contributed by atoms with Gasteiger partial charge in [-0.05, 0) is 41.9 Å².